The van der Waals surface area contributed by atoms with Gasteiger partial charge in [-0.25, -0.2) is 0 Å². The van der Waals surface area contributed by atoms with Gasteiger partial charge < -0.3 is 19.5 Å². The molecule has 3 aromatic rings. The first-order valence-corrected chi connectivity index (χ1v) is 12.1. The number of rotatable bonds is 10. The molecule has 0 spiro atoms. The Kier molecular flexibility index (Phi) is 8.45. The molecule has 0 saturated heterocycles. The largest absolute Gasteiger partial charge is 0.493 e. The monoisotopic (exact) mass is 496 g/mol. The summed E-state index contributed by atoms with van der Waals surface area (Å²) in [5.41, 5.74) is 2.81. The number of thioether (sulfide) groups is 1. The molecule has 0 saturated carbocycles. The third-order valence-corrected chi connectivity index (χ3v) is 6.29. The standard InChI is InChI=1S/C26H32N4O4S/c1-8-13-30-24(17-9-11-18(12-10-17)26(2,3)4)28-29-25(30)35-16-22(31)27-19-14-20(32-5)23(34-7)21(15-19)33-6/h8-12,14-15H,1,13,16H2,2-7H3,(H,27,31). The quantitative estimate of drug-likeness (QED) is 0.305. The second kappa shape index (κ2) is 11.3. The van der Waals surface area contributed by atoms with Gasteiger partial charge in [-0.2, -0.15) is 0 Å². The summed E-state index contributed by atoms with van der Waals surface area (Å²) in [6.07, 6.45) is 1.79. The summed E-state index contributed by atoms with van der Waals surface area (Å²) in [5.74, 6) is 2.06. The molecule has 35 heavy (non-hydrogen) atoms. The van der Waals surface area contributed by atoms with Crippen LogP contribution in [-0.4, -0.2) is 47.8 Å². The first-order chi connectivity index (χ1) is 16.7. The predicted octanol–water partition coefficient (Wildman–Crippen LogP) is 5.19. The maximum atomic E-state index is 12.7. The Balaban J connectivity index is 1.75. The van der Waals surface area contributed by atoms with Gasteiger partial charge in [-0.3, -0.25) is 9.36 Å². The number of benzene rings is 2. The fourth-order valence-electron chi connectivity index (χ4n) is 3.50. The topological polar surface area (TPSA) is 87.5 Å². The lowest BCUT2D eigenvalue weighted by molar-refractivity contribution is -0.113. The highest BCUT2D eigenvalue weighted by atomic mass is 32.2. The van der Waals surface area contributed by atoms with Crippen molar-refractivity contribution in [2.75, 3.05) is 32.4 Å². The van der Waals surface area contributed by atoms with E-state index in [0.717, 1.165) is 11.4 Å². The van der Waals surface area contributed by atoms with Gasteiger partial charge in [-0.15, -0.1) is 16.8 Å². The fraction of sp³-hybridized carbons (Fsp3) is 0.346. The molecule has 0 aliphatic rings. The number of carbonyl (C=O) groups is 1. The van der Waals surface area contributed by atoms with E-state index in [1.165, 1.54) is 38.7 Å². The van der Waals surface area contributed by atoms with Crippen molar-refractivity contribution in [2.24, 2.45) is 0 Å². The van der Waals surface area contributed by atoms with E-state index in [4.69, 9.17) is 14.2 Å². The average Bonchev–Trinajstić information content (AvgIpc) is 3.24. The minimum Gasteiger partial charge on any atom is -0.493 e. The van der Waals surface area contributed by atoms with E-state index < -0.39 is 0 Å². The number of nitrogens with one attached hydrogen (secondary N) is 1. The number of nitrogens with zero attached hydrogens (tertiary/aromatic N) is 3. The number of anilines is 1. The summed E-state index contributed by atoms with van der Waals surface area (Å²) in [6.45, 7) is 10.9. The van der Waals surface area contributed by atoms with Gasteiger partial charge in [0.15, 0.2) is 22.5 Å². The van der Waals surface area contributed by atoms with Crippen molar-refractivity contribution in [1.82, 2.24) is 14.8 Å². The molecule has 0 bridgehead atoms. The van der Waals surface area contributed by atoms with Crippen LogP contribution in [0.15, 0.2) is 54.2 Å². The molecule has 0 fully saturated rings. The van der Waals surface area contributed by atoms with Crippen LogP contribution in [0.5, 0.6) is 17.2 Å². The lowest BCUT2D eigenvalue weighted by atomic mass is 9.87. The van der Waals surface area contributed by atoms with Gasteiger partial charge in [-0.05, 0) is 11.0 Å². The summed E-state index contributed by atoms with van der Waals surface area (Å²) in [6, 6.07) is 11.7. The van der Waals surface area contributed by atoms with Crippen LogP contribution in [0.25, 0.3) is 11.4 Å². The molecule has 1 heterocycles. The molecule has 1 amide bonds. The SMILES string of the molecule is C=CCn1c(SCC(=O)Nc2cc(OC)c(OC)c(OC)c2)nnc1-c1ccc(C(C)(C)C)cc1. The van der Waals surface area contributed by atoms with E-state index in [2.05, 4.69) is 67.1 Å². The molecule has 0 radical (unpaired) electrons. The van der Waals surface area contributed by atoms with Gasteiger partial charge >= 0.3 is 0 Å². The molecule has 0 aliphatic carbocycles. The van der Waals surface area contributed by atoms with Crippen LogP contribution >= 0.6 is 11.8 Å². The van der Waals surface area contributed by atoms with Crippen molar-refractivity contribution >= 4 is 23.4 Å². The number of hydrogen-bond donors (Lipinski definition) is 1. The smallest absolute Gasteiger partial charge is 0.234 e. The molecule has 8 nitrogen and oxygen atoms in total. The van der Waals surface area contributed by atoms with Gasteiger partial charge in [0.2, 0.25) is 11.7 Å². The van der Waals surface area contributed by atoms with Crippen molar-refractivity contribution < 1.29 is 19.0 Å². The summed E-state index contributed by atoms with van der Waals surface area (Å²) < 4.78 is 18.0. The molecule has 0 unspecified atom stereocenters. The molecule has 186 valence electrons. The van der Waals surface area contributed by atoms with E-state index in [1.807, 2.05) is 4.57 Å². The predicted molar refractivity (Wildman–Crippen MR) is 140 cm³/mol. The van der Waals surface area contributed by atoms with Crippen LogP contribution in [0.4, 0.5) is 5.69 Å². The number of aromatic nitrogens is 3. The van der Waals surface area contributed by atoms with Crippen LogP contribution in [0.1, 0.15) is 26.3 Å². The Morgan fingerprint density at radius 2 is 1.69 bits per heavy atom. The maximum Gasteiger partial charge on any atom is 0.234 e. The number of ether oxygens (including phenoxy) is 3. The van der Waals surface area contributed by atoms with Crippen LogP contribution < -0.4 is 19.5 Å². The number of allylic oxidation sites excluding steroid dienone is 1. The first kappa shape index (κ1) is 26.2. The van der Waals surface area contributed by atoms with Crippen LogP contribution in [0.2, 0.25) is 0 Å². The average molecular weight is 497 g/mol. The second-order valence-electron chi connectivity index (χ2n) is 8.78. The Morgan fingerprint density at radius 3 is 2.20 bits per heavy atom. The van der Waals surface area contributed by atoms with Crippen LogP contribution in [0, 0.1) is 0 Å². The normalized spacial score (nSPS) is 11.1. The van der Waals surface area contributed by atoms with Gasteiger partial charge in [0.05, 0.1) is 27.1 Å². The number of methoxy groups -OCH3 is 3. The van der Waals surface area contributed by atoms with E-state index in [9.17, 15) is 4.79 Å². The minimum atomic E-state index is -0.200. The molecule has 3 rings (SSSR count). The third-order valence-electron chi connectivity index (χ3n) is 5.32. The molecular formula is C26H32N4O4S. The van der Waals surface area contributed by atoms with Crippen molar-refractivity contribution in [3.05, 3.63) is 54.6 Å². The number of amides is 1. The molecule has 0 atom stereocenters. The lowest BCUT2D eigenvalue weighted by Gasteiger charge is -2.19. The molecule has 0 aliphatic heterocycles. The highest BCUT2D eigenvalue weighted by molar-refractivity contribution is 7.99. The Morgan fingerprint density at radius 1 is 1.06 bits per heavy atom. The van der Waals surface area contributed by atoms with E-state index in [0.29, 0.717) is 34.6 Å². The molecular weight excluding hydrogens is 464 g/mol. The minimum absolute atomic E-state index is 0.0691. The highest BCUT2D eigenvalue weighted by Gasteiger charge is 2.18. The van der Waals surface area contributed by atoms with Gasteiger partial charge in [-0.1, -0.05) is 62.9 Å². The molecule has 1 N–H and O–H groups in total. The lowest BCUT2D eigenvalue weighted by Crippen LogP contribution is -2.15. The van der Waals surface area contributed by atoms with E-state index >= 15 is 0 Å². The third kappa shape index (κ3) is 6.16. The molecule has 2 aromatic carbocycles. The van der Waals surface area contributed by atoms with Gasteiger partial charge in [0.25, 0.3) is 0 Å². The summed E-state index contributed by atoms with van der Waals surface area (Å²) >= 11 is 1.31. The Bertz CT molecular complexity index is 1160. The number of hydrogen-bond acceptors (Lipinski definition) is 7. The first-order valence-electron chi connectivity index (χ1n) is 11.1. The van der Waals surface area contributed by atoms with Gasteiger partial charge in [0.1, 0.15) is 0 Å². The summed E-state index contributed by atoms with van der Waals surface area (Å²) in [4.78, 5) is 12.7. The van der Waals surface area contributed by atoms with Gasteiger partial charge in [0, 0.05) is 29.9 Å². The zero-order valence-corrected chi connectivity index (χ0v) is 21.9. The molecule has 1 aromatic heterocycles. The van der Waals surface area contributed by atoms with Crippen LogP contribution in [-0.2, 0) is 16.8 Å². The summed E-state index contributed by atoms with van der Waals surface area (Å²) in [7, 11) is 4.58. The maximum absolute atomic E-state index is 12.7. The zero-order valence-electron chi connectivity index (χ0n) is 21.0. The Labute approximate surface area is 210 Å². The second-order valence-corrected chi connectivity index (χ2v) is 9.73. The molecule has 9 heteroatoms. The van der Waals surface area contributed by atoms with Crippen molar-refractivity contribution in [2.45, 2.75) is 37.9 Å². The fourth-order valence-corrected chi connectivity index (χ4v) is 4.25. The summed E-state index contributed by atoms with van der Waals surface area (Å²) in [5, 5.41) is 12.2. The van der Waals surface area contributed by atoms with Crippen molar-refractivity contribution in [3.63, 3.8) is 0 Å². The van der Waals surface area contributed by atoms with Crippen molar-refractivity contribution in [3.8, 4) is 28.6 Å². The van der Waals surface area contributed by atoms with Crippen molar-refractivity contribution in [1.29, 1.82) is 0 Å². The highest BCUT2D eigenvalue weighted by Crippen LogP contribution is 2.40. The van der Waals surface area contributed by atoms with Crippen LogP contribution in [0.3, 0.4) is 0 Å². The van der Waals surface area contributed by atoms with E-state index in [1.54, 1.807) is 18.2 Å². The zero-order chi connectivity index (χ0) is 25.6. The van der Waals surface area contributed by atoms with E-state index in [-0.39, 0.29) is 17.1 Å². The Hall–Kier alpha value is -3.46. The number of carbonyl (C=O) groups excluding carboxylic acids is 1.